The van der Waals surface area contributed by atoms with Crippen molar-refractivity contribution in [1.29, 1.82) is 0 Å². The van der Waals surface area contributed by atoms with E-state index < -0.39 is 0 Å². The predicted octanol–water partition coefficient (Wildman–Crippen LogP) is 1.26. The number of hydrogen-bond acceptors (Lipinski definition) is 5. The Morgan fingerprint density at radius 2 is 2.32 bits per heavy atom. The first-order valence-electron chi connectivity index (χ1n) is 6.03. The summed E-state index contributed by atoms with van der Waals surface area (Å²) in [6.45, 7) is 5.46. The first-order valence-corrected chi connectivity index (χ1v) is 7.25. The monoisotopic (exact) mass is 296 g/mol. The molecule has 6 nitrogen and oxygen atoms in total. The van der Waals surface area contributed by atoms with Gasteiger partial charge in [-0.05, 0) is 26.1 Å². The molecule has 2 aromatic rings. The molecule has 0 aromatic carbocycles. The van der Waals surface area contributed by atoms with E-state index in [0.717, 1.165) is 27.5 Å². The number of fused-ring (bicyclic) bond motifs is 1. The van der Waals surface area contributed by atoms with Crippen LogP contribution in [-0.4, -0.2) is 32.7 Å². The molecule has 0 spiro atoms. The number of aryl methyl sites for hydroxylation is 1. The van der Waals surface area contributed by atoms with Gasteiger partial charge < -0.3 is 15.2 Å². The number of thiocarbonyl (C=S) groups is 1. The van der Waals surface area contributed by atoms with Crippen LogP contribution in [0.3, 0.4) is 0 Å². The minimum Gasteiger partial charge on any atom is -0.363 e. The second kappa shape index (κ2) is 6.07. The molecule has 2 heterocycles. The summed E-state index contributed by atoms with van der Waals surface area (Å²) in [5, 5.41) is 7.67. The van der Waals surface area contributed by atoms with Crippen molar-refractivity contribution in [2.24, 2.45) is 12.0 Å². The largest absolute Gasteiger partial charge is 0.363 e. The number of imidazole rings is 1. The maximum absolute atomic E-state index is 5.21. The van der Waals surface area contributed by atoms with Gasteiger partial charge in [-0.2, -0.15) is 4.98 Å². The molecule has 8 heteroatoms. The Labute approximate surface area is 120 Å². The van der Waals surface area contributed by atoms with Crippen LogP contribution in [0.25, 0.3) is 11.2 Å². The van der Waals surface area contributed by atoms with Gasteiger partial charge in [0.05, 0.1) is 6.33 Å². The maximum Gasteiger partial charge on any atom is 0.208 e. The van der Waals surface area contributed by atoms with Crippen LogP contribution in [0.5, 0.6) is 0 Å². The molecule has 0 radical (unpaired) electrons. The third-order valence-electron chi connectivity index (χ3n) is 2.37. The summed E-state index contributed by atoms with van der Waals surface area (Å²) in [6.07, 6.45) is 1.74. The lowest BCUT2D eigenvalue weighted by atomic mass is 10.5. The third kappa shape index (κ3) is 3.07. The van der Waals surface area contributed by atoms with Crippen molar-refractivity contribution >= 4 is 44.8 Å². The van der Waals surface area contributed by atoms with E-state index in [2.05, 4.69) is 25.6 Å². The smallest absolute Gasteiger partial charge is 0.208 e. The second-order valence-corrected chi connectivity index (χ2v) is 5.20. The summed E-state index contributed by atoms with van der Waals surface area (Å²) >= 11 is 6.66. The van der Waals surface area contributed by atoms with Crippen LogP contribution in [0.1, 0.15) is 13.8 Å². The van der Waals surface area contributed by atoms with Crippen LogP contribution in [-0.2, 0) is 7.05 Å². The van der Waals surface area contributed by atoms with E-state index >= 15 is 0 Å². The van der Waals surface area contributed by atoms with Crippen molar-refractivity contribution in [2.75, 3.05) is 18.4 Å². The molecule has 0 aliphatic heterocycles. The zero-order chi connectivity index (χ0) is 13.8. The lowest BCUT2D eigenvalue weighted by Crippen LogP contribution is -2.28. The van der Waals surface area contributed by atoms with Gasteiger partial charge in [-0.3, -0.25) is 4.99 Å². The van der Waals surface area contributed by atoms with Crippen LogP contribution < -0.4 is 15.4 Å². The molecule has 0 atom stereocenters. The van der Waals surface area contributed by atoms with E-state index in [1.807, 2.05) is 25.5 Å². The first kappa shape index (κ1) is 13.9. The van der Waals surface area contributed by atoms with Gasteiger partial charge in [-0.1, -0.05) is 11.3 Å². The minimum atomic E-state index is 0.583. The van der Waals surface area contributed by atoms with E-state index in [-0.39, 0.29) is 0 Å². The van der Waals surface area contributed by atoms with Crippen LogP contribution in [0.4, 0.5) is 5.00 Å². The van der Waals surface area contributed by atoms with E-state index in [0.29, 0.717) is 11.7 Å². The van der Waals surface area contributed by atoms with E-state index in [4.69, 9.17) is 12.2 Å². The summed E-state index contributed by atoms with van der Waals surface area (Å²) in [5.74, 6) is 0. The molecule has 0 aliphatic rings. The van der Waals surface area contributed by atoms with Gasteiger partial charge in [0.15, 0.2) is 10.8 Å². The molecule has 2 aromatic heterocycles. The Morgan fingerprint density at radius 1 is 1.53 bits per heavy atom. The molecule has 102 valence electrons. The zero-order valence-corrected chi connectivity index (χ0v) is 12.7. The topological polar surface area (TPSA) is 67.1 Å². The molecule has 0 saturated heterocycles. The summed E-state index contributed by atoms with van der Waals surface area (Å²) in [6, 6.07) is 0. The van der Waals surface area contributed by atoms with Crippen molar-refractivity contribution in [3.63, 3.8) is 0 Å². The zero-order valence-electron chi connectivity index (χ0n) is 11.1. The minimum absolute atomic E-state index is 0.583. The number of anilines is 1. The fourth-order valence-electron chi connectivity index (χ4n) is 1.56. The molecule has 0 aliphatic carbocycles. The number of rotatable bonds is 3. The molecule has 2 rings (SSSR count). The molecule has 19 heavy (non-hydrogen) atoms. The average molecular weight is 296 g/mol. The van der Waals surface area contributed by atoms with Crippen molar-refractivity contribution in [3.8, 4) is 0 Å². The van der Waals surface area contributed by atoms with Gasteiger partial charge in [0.2, 0.25) is 4.80 Å². The average Bonchev–Trinajstić information content (AvgIpc) is 2.72. The van der Waals surface area contributed by atoms with Gasteiger partial charge >= 0.3 is 0 Å². The van der Waals surface area contributed by atoms with E-state index in [1.165, 1.54) is 11.3 Å². The molecule has 0 saturated carbocycles. The summed E-state index contributed by atoms with van der Waals surface area (Å²) in [4.78, 5) is 13.9. The van der Waals surface area contributed by atoms with E-state index in [9.17, 15) is 0 Å². The second-order valence-electron chi connectivity index (χ2n) is 3.81. The highest BCUT2D eigenvalue weighted by Gasteiger charge is 2.10. The molecular weight excluding hydrogens is 280 g/mol. The Balaban J connectivity index is 2.51. The Kier molecular flexibility index (Phi) is 4.43. The van der Waals surface area contributed by atoms with Gasteiger partial charge in [-0.15, -0.1) is 0 Å². The predicted molar refractivity (Wildman–Crippen MR) is 82.4 cm³/mol. The molecular formula is C11H16N6S2. The maximum atomic E-state index is 5.21. The van der Waals surface area contributed by atoms with Crippen molar-refractivity contribution in [2.45, 2.75) is 13.8 Å². The molecule has 0 bridgehead atoms. The van der Waals surface area contributed by atoms with Gasteiger partial charge in [0.25, 0.3) is 0 Å². The number of hydrogen-bond donors (Lipinski definition) is 2. The van der Waals surface area contributed by atoms with Crippen molar-refractivity contribution in [3.05, 3.63) is 11.1 Å². The fourth-order valence-corrected chi connectivity index (χ4v) is 2.78. The van der Waals surface area contributed by atoms with Crippen LogP contribution in [0.15, 0.2) is 11.3 Å². The Morgan fingerprint density at radius 3 is 3.00 bits per heavy atom. The van der Waals surface area contributed by atoms with Gasteiger partial charge in [0, 0.05) is 20.1 Å². The first-order chi connectivity index (χ1) is 9.15. The highest BCUT2D eigenvalue weighted by atomic mass is 32.1. The number of nitrogens with zero attached hydrogens (tertiary/aromatic N) is 4. The Bertz CT molecular complexity index is 657. The van der Waals surface area contributed by atoms with Gasteiger partial charge in [0.1, 0.15) is 10.5 Å². The Hall–Kier alpha value is -1.54. The SMILES string of the molecule is CCN=c1nc2c(ncn2C)c(NC(=S)NCC)s1. The normalized spacial score (nSPS) is 11.8. The number of nitrogens with one attached hydrogen (secondary N) is 2. The van der Waals surface area contributed by atoms with Crippen molar-refractivity contribution < 1.29 is 0 Å². The van der Waals surface area contributed by atoms with Crippen LogP contribution >= 0.6 is 23.6 Å². The molecule has 0 unspecified atom stereocenters. The molecule has 0 amide bonds. The standard InChI is InChI=1S/C11H16N6S2/c1-4-12-10(18)16-9-7-8(17(3)6-14-7)15-11(19-9)13-5-2/h6H,4-5H2,1-3H3,(H2,12,16,18). The number of aromatic nitrogens is 3. The van der Waals surface area contributed by atoms with Crippen LogP contribution in [0, 0.1) is 0 Å². The lowest BCUT2D eigenvalue weighted by molar-refractivity contribution is 0.923. The summed E-state index contributed by atoms with van der Waals surface area (Å²) in [7, 11) is 1.91. The van der Waals surface area contributed by atoms with Gasteiger partial charge in [-0.25, -0.2) is 4.98 Å². The highest BCUT2D eigenvalue weighted by molar-refractivity contribution is 7.80. The summed E-state index contributed by atoms with van der Waals surface area (Å²) < 4.78 is 1.87. The van der Waals surface area contributed by atoms with E-state index in [1.54, 1.807) is 6.33 Å². The van der Waals surface area contributed by atoms with Crippen molar-refractivity contribution in [1.82, 2.24) is 19.9 Å². The van der Waals surface area contributed by atoms with Crippen LogP contribution in [0.2, 0.25) is 0 Å². The fraction of sp³-hybridized carbons (Fsp3) is 0.455. The molecule has 2 N–H and O–H groups in total. The highest BCUT2D eigenvalue weighted by Crippen LogP contribution is 2.21. The molecule has 0 fully saturated rings. The quantitative estimate of drug-likeness (QED) is 0.835. The summed E-state index contributed by atoms with van der Waals surface area (Å²) in [5.41, 5.74) is 1.61. The third-order valence-corrected chi connectivity index (χ3v) is 3.52. The lowest BCUT2D eigenvalue weighted by Gasteiger charge is -2.08.